The van der Waals surface area contributed by atoms with Gasteiger partial charge in [-0.2, -0.15) is 5.26 Å². The molecule has 1 aromatic rings. The molecule has 0 unspecified atom stereocenters. The average molecular weight is 301 g/mol. The van der Waals surface area contributed by atoms with E-state index >= 15 is 0 Å². The number of ether oxygens (including phenoxy) is 1. The van der Waals surface area contributed by atoms with Crippen LogP contribution < -0.4 is 4.74 Å². The molecule has 1 saturated heterocycles. The van der Waals surface area contributed by atoms with Gasteiger partial charge < -0.3 is 14.5 Å². The number of carbonyl (C=O) groups is 1. The van der Waals surface area contributed by atoms with E-state index in [2.05, 4.69) is 11.0 Å². The lowest BCUT2D eigenvalue weighted by molar-refractivity contribution is -0.128. The minimum atomic E-state index is 0.172. The average Bonchev–Trinajstić information content (AvgIpc) is 2.78. The lowest BCUT2D eigenvalue weighted by Crippen LogP contribution is -2.34. The van der Waals surface area contributed by atoms with Crippen LogP contribution in [0.25, 0.3) is 0 Å². The lowest BCUT2D eigenvalue weighted by Gasteiger charge is -2.21. The molecule has 0 aliphatic carbocycles. The topological polar surface area (TPSA) is 56.6 Å². The van der Waals surface area contributed by atoms with Crippen molar-refractivity contribution in [3.63, 3.8) is 0 Å². The molecule has 1 aliphatic heterocycles. The normalized spacial score (nSPS) is 15.9. The number of hydrogen-bond donors (Lipinski definition) is 0. The van der Waals surface area contributed by atoms with E-state index in [1.807, 2.05) is 17.0 Å². The maximum atomic E-state index is 11.4. The highest BCUT2D eigenvalue weighted by molar-refractivity contribution is 5.73. The van der Waals surface area contributed by atoms with Gasteiger partial charge >= 0.3 is 0 Å². The van der Waals surface area contributed by atoms with Gasteiger partial charge in [-0.05, 0) is 43.7 Å². The molecule has 0 spiro atoms. The van der Waals surface area contributed by atoms with Crippen LogP contribution in [0.4, 0.5) is 0 Å². The van der Waals surface area contributed by atoms with E-state index in [0.29, 0.717) is 12.2 Å². The predicted molar refractivity (Wildman–Crippen MR) is 84.6 cm³/mol. The zero-order chi connectivity index (χ0) is 15.8. The molecule has 1 fully saturated rings. The van der Waals surface area contributed by atoms with Crippen molar-refractivity contribution < 1.29 is 9.53 Å². The van der Waals surface area contributed by atoms with Crippen molar-refractivity contribution in [1.82, 2.24) is 9.80 Å². The SMILES string of the molecule is CC(=O)N1CCCN(CCCOc2ccc(C#N)cc2)CC1. The highest BCUT2D eigenvalue weighted by Crippen LogP contribution is 2.12. The molecule has 2 rings (SSSR count). The van der Waals surface area contributed by atoms with Gasteiger partial charge in [0.05, 0.1) is 18.2 Å². The number of rotatable bonds is 5. The second-order valence-corrected chi connectivity index (χ2v) is 5.54. The van der Waals surface area contributed by atoms with Crippen molar-refractivity contribution >= 4 is 5.91 Å². The Balaban J connectivity index is 1.66. The molecule has 0 bridgehead atoms. The highest BCUT2D eigenvalue weighted by Gasteiger charge is 2.15. The van der Waals surface area contributed by atoms with Crippen LogP contribution >= 0.6 is 0 Å². The minimum Gasteiger partial charge on any atom is -0.494 e. The van der Waals surface area contributed by atoms with E-state index in [1.165, 1.54) is 0 Å². The van der Waals surface area contributed by atoms with E-state index in [4.69, 9.17) is 10.00 Å². The number of nitriles is 1. The molecule has 118 valence electrons. The maximum absolute atomic E-state index is 11.4. The molecular weight excluding hydrogens is 278 g/mol. The van der Waals surface area contributed by atoms with E-state index in [-0.39, 0.29) is 5.91 Å². The van der Waals surface area contributed by atoms with Crippen LogP contribution in [0.3, 0.4) is 0 Å². The quantitative estimate of drug-likeness (QED) is 0.779. The van der Waals surface area contributed by atoms with Crippen LogP contribution in [0.1, 0.15) is 25.3 Å². The van der Waals surface area contributed by atoms with Gasteiger partial charge in [0.2, 0.25) is 5.91 Å². The Bertz CT molecular complexity index is 522. The van der Waals surface area contributed by atoms with Gasteiger partial charge in [-0.1, -0.05) is 0 Å². The monoisotopic (exact) mass is 301 g/mol. The Morgan fingerprint density at radius 1 is 1.23 bits per heavy atom. The van der Waals surface area contributed by atoms with Crippen molar-refractivity contribution in [1.29, 1.82) is 5.26 Å². The summed E-state index contributed by atoms with van der Waals surface area (Å²) >= 11 is 0. The summed E-state index contributed by atoms with van der Waals surface area (Å²) < 4.78 is 5.69. The van der Waals surface area contributed by atoms with Crippen LogP contribution in [0.2, 0.25) is 0 Å². The van der Waals surface area contributed by atoms with Crippen molar-refractivity contribution in [2.75, 3.05) is 39.3 Å². The zero-order valence-electron chi connectivity index (χ0n) is 13.1. The second kappa shape index (κ2) is 8.40. The summed E-state index contributed by atoms with van der Waals surface area (Å²) in [5.74, 6) is 0.976. The fraction of sp³-hybridized carbons (Fsp3) is 0.529. The fourth-order valence-corrected chi connectivity index (χ4v) is 2.61. The van der Waals surface area contributed by atoms with E-state index in [9.17, 15) is 4.79 Å². The first-order valence-electron chi connectivity index (χ1n) is 7.80. The smallest absolute Gasteiger partial charge is 0.219 e. The minimum absolute atomic E-state index is 0.172. The van der Waals surface area contributed by atoms with Crippen LogP contribution in [-0.2, 0) is 4.79 Å². The molecular formula is C17H23N3O2. The highest BCUT2D eigenvalue weighted by atomic mass is 16.5. The van der Waals surface area contributed by atoms with Crippen molar-refractivity contribution in [3.05, 3.63) is 29.8 Å². The molecule has 0 aromatic heterocycles. The van der Waals surface area contributed by atoms with Crippen LogP contribution in [0, 0.1) is 11.3 Å². The van der Waals surface area contributed by atoms with Crippen molar-refractivity contribution in [3.8, 4) is 11.8 Å². The number of nitrogens with zero attached hydrogens (tertiary/aromatic N) is 3. The zero-order valence-corrected chi connectivity index (χ0v) is 13.1. The molecule has 1 aromatic carbocycles. The standard InChI is InChI=1S/C17H23N3O2/c1-15(21)20-10-2-8-19(11-12-20)9-3-13-22-17-6-4-16(14-18)5-7-17/h4-7H,2-3,8-13H2,1H3. The summed E-state index contributed by atoms with van der Waals surface area (Å²) in [6.45, 7) is 6.97. The number of hydrogen-bond acceptors (Lipinski definition) is 4. The van der Waals surface area contributed by atoms with Crippen molar-refractivity contribution in [2.24, 2.45) is 0 Å². The first-order valence-corrected chi connectivity index (χ1v) is 7.80. The Labute approximate surface area is 132 Å². The van der Waals surface area contributed by atoms with Gasteiger partial charge in [-0.15, -0.1) is 0 Å². The molecule has 0 atom stereocenters. The second-order valence-electron chi connectivity index (χ2n) is 5.54. The summed E-state index contributed by atoms with van der Waals surface area (Å²) in [7, 11) is 0. The molecule has 0 N–H and O–H groups in total. The first kappa shape index (κ1) is 16.3. The summed E-state index contributed by atoms with van der Waals surface area (Å²) in [5.41, 5.74) is 0.645. The molecule has 0 saturated carbocycles. The fourth-order valence-electron chi connectivity index (χ4n) is 2.61. The number of amides is 1. The van der Waals surface area contributed by atoms with Gasteiger partial charge in [0.15, 0.2) is 0 Å². The van der Waals surface area contributed by atoms with Gasteiger partial charge in [0.25, 0.3) is 0 Å². The Kier molecular flexibility index (Phi) is 6.23. The van der Waals surface area contributed by atoms with Gasteiger partial charge in [0, 0.05) is 33.1 Å². The molecule has 1 aliphatic rings. The van der Waals surface area contributed by atoms with Crippen LogP contribution in [-0.4, -0.2) is 55.0 Å². The third-order valence-corrected chi connectivity index (χ3v) is 3.90. The van der Waals surface area contributed by atoms with Gasteiger partial charge in [-0.25, -0.2) is 0 Å². The summed E-state index contributed by atoms with van der Waals surface area (Å²) in [5, 5.41) is 8.74. The van der Waals surface area contributed by atoms with E-state index in [0.717, 1.165) is 51.3 Å². The summed E-state index contributed by atoms with van der Waals surface area (Å²) in [4.78, 5) is 15.7. The Morgan fingerprint density at radius 3 is 2.68 bits per heavy atom. The largest absolute Gasteiger partial charge is 0.494 e. The van der Waals surface area contributed by atoms with Gasteiger partial charge in [0.1, 0.15) is 5.75 Å². The van der Waals surface area contributed by atoms with Crippen molar-refractivity contribution in [2.45, 2.75) is 19.8 Å². The molecule has 5 nitrogen and oxygen atoms in total. The maximum Gasteiger partial charge on any atom is 0.219 e. The third kappa shape index (κ3) is 5.05. The first-order chi connectivity index (χ1) is 10.7. The molecule has 0 radical (unpaired) electrons. The van der Waals surface area contributed by atoms with E-state index < -0.39 is 0 Å². The number of carbonyl (C=O) groups excluding carboxylic acids is 1. The predicted octanol–water partition coefficient (Wildman–Crippen LogP) is 1.88. The lowest BCUT2D eigenvalue weighted by atomic mass is 10.2. The molecule has 5 heteroatoms. The summed E-state index contributed by atoms with van der Waals surface area (Å²) in [6, 6.07) is 9.28. The molecule has 22 heavy (non-hydrogen) atoms. The molecule has 1 heterocycles. The summed E-state index contributed by atoms with van der Waals surface area (Å²) in [6.07, 6.45) is 2.00. The molecule has 1 amide bonds. The van der Waals surface area contributed by atoms with Crippen LogP contribution in [0.5, 0.6) is 5.75 Å². The Hall–Kier alpha value is -2.06. The van der Waals surface area contributed by atoms with Gasteiger partial charge in [-0.3, -0.25) is 4.79 Å². The third-order valence-electron chi connectivity index (χ3n) is 3.90. The number of benzene rings is 1. The Morgan fingerprint density at radius 2 is 2.00 bits per heavy atom. The van der Waals surface area contributed by atoms with E-state index in [1.54, 1.807) is 19.1 Å². The van der Waals surface area contributed by atoms with Crippen LogP contribution in [0.15, 0.2) is 24.3 Å².